The van der Waals surface area contributed by atoms with Crippen molar-refractivity contribution in [2.75, 3.05) is 6.54 Å². The number of piperidine rings is 1. The van der Waals surface area contributed by atoms with Gasteiger partial charge in [0.1, 0.15) is 0 Å². The Morgan fingerprint density at radius 3 is 2.54 bits per heavy atom. The molecule has 1 fully saturated rings. The van der Waals surface area contributed by atoms with Crippen LogP contribution in [0.2, 0.25) is 0 Å². The van der Waals surface area contributed by atoms with Gasteiger partial charge in [0.2, 0.25) is 5.76 Å². The van der Waals surface area contributed by atoms with Gasteiger partial charge in [0.15, 0.2) is 0 Å². The van der Waals surface area contributed by atoms with Crippen LogP contribution >= 0.6 is 0 Å². The molecule has 0 spiro atoms. The zero-order valence-electron chi connectivity index (χ0n) is 6.61. The lowest BCUT2D eigenvalue weighted by molar-refractivity contribution is -0.129. The first-order chi connectivity index (χ1) is 5.93. The summed E-state index contributed by atoms with van der Waals surface area (Å²) in [5.74, 6) is -2.61. The molecule has 13 heavy (non-hydrogen) atoms. The van der Waals surface area contributed by atoms with Crippen LogP contribution in [0, 0.1) is 0 Å². The molecule has 0 atom stereocenters. The highest BCUT2D eigenvalue weighted by Crippen LogP contribution is 2.28. The molecule has 0 aromatic rings. The van der Waals surface area contributed by atoms with E-state index in [4.69, 9.17) is 5.11 Å². The minimum Gasteiger partial charge on any atom is -0.504 e. The van der Waals surface area contributed by atoms with Crippen LogP contribution in [0.5, 0.6) is 0 Å². The van der Waals surface area contributed by atoms with Gasteiger partial charge in [-0.2, -0.15) is 13.2 Å². The van der Waals surface area contributed by atoms with Crippen molar-refractivity contribution in [3.63, 3.8) is 0 Å². The van der Waals surface area contributed by atoms with E-state index in [1.165, 1.54) is 0 Å². The topological polar surface area (TPSA) is 49.3 Å². The summed E-state index contributed by atoms with van der Waals surface area (Å²) >= 11 is 0. The SMILES string of the molecule is O=C1NCCC/C1=C(/O)C(F)(F)F. The maximum absolute atomic E-state index is 11.9. The molecule has 0 unspecified atom stereocenters. The van der Waals surface area contributed by atoms with Gasteiger partial charge >= 0.3 is 6.18 Å². The Morgan fingerprint density at radius 2 is 2.08 bits per heavy atom. The molecule has 74 valence electrons. The van der Waals surface area contributed by atoms with Crippen LogP contribution in [0.1, 0.15) is 12.8 Å². The highest BCUT2D eigenvalue weighted by Gasteiger charge is 2.38. The number of rotatable bonds is 0. The predicted octanol–water partition coefficient (Wildman–Crippen LogP) is 1.27. The fourth-order valence-electron chi connectivity index (χ4n) is 1.08. The zero-order chi connectivity index (χ0) is 10.1. The second-order valence-electron chi connectivity index (χ2n) is 2.68. The first-order valence-corrected chi connectivity index (χ1v) is 3.70. The number of amides is 1. The summed E-state index contributed by atoms with van der Waals surface area (Å²) in [4.78, 5) is 10.9. The van der Waals surface area contributed by atoms with Crippen molar-refractivity contribution in [1.29, 1.82) is 0 Å². The van der Waals surface area contributed by atoms with Crippen molar-refractivity contribution in [1.82, 2.24) is 5.32 Å². The van der Waals surface area contributed by atoms with Crippen LogP contribution in [-0.2, 0) is 4.79 Å². The third kappa shape index (κ3) is 2.13. The molecule has 1 aliphatic heterocycles. The molecule has 6 heteroatoms. The van der Waals surface area contributed by atoms with E-state index in [9.17, 15) is 18.0 Å². The Balaban J connectivity index is 2.94. The second kappa shape index (κ2) is 3.27. The number of carbonyl (C=O) groups is 1. The molecule has 2 N–H and O–H groups in total. The van der Waals surface area contributed by atoms with Gasteiger partial charge in [0.05, 0.1) is 5.57 Å². The van der Waals surface area contributed by atoms with Gasteiger partial charge < -0.3 is 10.4 Å². The summed E-state index contributed by atoms with van der Waals surface area (Å²) in [6.07, 6.45) is -4.44. The molecule has 0 aromatic carbocycles. The maximum atomic E-state index is 11.9. The predicted molar refractivity (Wildman–Crippen MR) is 38.0 cm³/mol. The second-order valence-corrected chi connectivity index (χ2v) is 2.68. The summed E-state index contributed by atoms with van der Waals surface area (Å²) < 4.78 is 35.8. The first kappa shape index (κ1) is 9.88. The van der Waals surface area contributed by atoms with Gasteiger partial charge in [-0.25, -0.2) is 0 Å². The van der Waals surface area contributed by atoms with Gasteiger partial charge in [0, 0.05) is 6.54 Å². The molecule has 1 aliphatic rings. The molecule has 1 amide bonds. The Kier molecular flexibility index (Phi) is 2.49. The number of aliphatic hydroxyl groups is 1. The number of hydrogen-bond donors (Lipinski definition) is 2. The lowest BCUT2D eigenvalue weighted by Crippen LogP contribution is -2.33. The summed E-state index contributed by atoms with van der Waals surface area (Å²) in [6, 6.07) is 0. The van der Waals surface area contributed by atoms with Crippen molar-refractivity contribution < 1.29 is 23.1 Å². The summed E-state index contributed by atoms with van der Waals surface area (Å²) in [5, 5.41) is 10.9. The Hall–Kier alpha value is -1.20. The van der Waals surface area contributed by atoms with Crippen molar-refractivity contribution in [2.45, 2.75) is 19.0 Å². The van der Waals surface area contributed by atoms with E-state index in [2.05, 4.69) is 5.32 Å². The monoisotopic (exact) mass is 195 g/mol. The largest absolute Gasteiger partial charge is 0.504 e. The maximum Gasteiger partial charge on any atom is 0.449 e. The lowest BCUT2D eigenvalue weighted by atomic mass is 10.0. The van der Waals surface area contributed by atoms with Gasteiger partial charge in [-0.3, -0.25) is 4.79 Å². The highest BCUT2D eigenvalue weighted by molar-refractivity contribution is 5.94. The standard InChI is InChI=1S/C7H8F3NO2/c8-7(9,10)5(12)4-2-1-3-11-6(4)13/h12H,1-3H2,(H,11,13)/b5-4-. The van der Waals surface area contributed by atoms with Gasteiger partial charge in [0.25, 0.3) is 5.91 Å². The van der Waals surface area contributed by atoms with Crippen molar-refractivity contribution in [3.05, 3.63) is 11.3 Å². The van der Waals surface area contributed by atoms with E-state index in [-0.39, 0.29) is 6.42 Å². The fourth-order valence-corrected chi connectivity index (χ4v) is 1.08. The van der Waals surface area contributed by atoms with Crippen molar-refractivity contribution in [3.8, 4) is 0 Å². The van der Waals surface area contributed by atoms with Crippen molar-refractivity contribution >= 4 is 5.91 Å². The molecule has 0 aliphatic carbocycles. The number of aliphatic hydroxyl groups excluding tert-OH is 1. The smallest absolute Gasteiger partial charge is 0.449 e. The molecule has 0 saturated carbocycles. The third-order valence-corrected chi connectivity index (χ3v) is 1.72. The van der Waals surface area contributed by atoms with E-state index in [1.807, 2.05) is 0 Å². The van der Waals surface area contributed by atoms with Crippen LogP contribution in [0.25, 0.3) is 0 Å². The molecule has 1 rings (SSSR count). The van der Waals surface area contributed by atoms with Crippen molar-refractivity contribution in [2.24, 2.45) is 0 Å². The number of hydrogen-bond acceptors (Lipinski definition) is 2. The molecular weight excluding hydrogens is 187 g/mol. The van der Waals surface area contributed by atoms with Gasteiger partial charge in [-0.1, -0.05) is 0 Å². The molecule has 1 saturated heterocycles. The normalized spacial score (nSPS) is 22.5. The molecule has 0 aromatic heterocycles. The summed E-state index contributed by atoms with van der Waals surface area (Å²) in [7, 11) is 0. The first-order valence-electron chi connectivity index (χ1n) is 3.70. The molecule has 0 bridgehead atoms. The average molecular weight is 195 g/mol. The minimum absolute atomic E-state index is 0.0306. The minimum atomic E-state index is -4.83. The summed E-state index contributed by atoms with van der Waals surface area (Å²) in [5.41, 5.74) is -0.571. The summed E-state index contributed by atoms with van der Waals surface area (Å²) in [6.45, 7) is 0.355. The van der Waals surface area contributed by atoms with Crippen LogP contribution in [0.4, 0.5) is 13.2 Å². The van der Waals surface area contributed by atoms with Crippen LogP contribution in [0.3, 0.4) is 0 Å². The highest BCUT2D eigenvalue weighted by atomic mass is 19.4. The quantitative estimate of drug-likeness (QED) is 0.451. The molecular formula is C7H8F3NO2. The van der Waals surface area contributed by atoms with E-state index in [1.54, 1.807) is 0 Å². The Morgan fingerprint density at radius 1 is 1.46 bits per heavy atom. The van der Waals surface area contributed by atoms with Crippen LogP contribution in [-0.4, -0.2) is 23.7 Å². The molecule has 1 heterocycles. The van der Waals surface area contributed by atoms with E-state index >= 15 is 0 Å². The number of allylic oxidation sites excluding steroid dienone is 1. The number of alkyl halides is 3. The van der Waals surface area contributed by atoms with Gasteiger partial charge in [-0.15, -0.1) is 0 Å². The number of carbonyl (C=O) groups excluding carboxylic acids is 1. The third-order valence-electron chi connectivity index (χ3n) is 1.72. The van der Waals surface area contributed by atoms with Crippen LogP contribution in [0.15, 0.2) is 11.3 Å². The number of halogens is 3. The Labute approximate surface area is 72.2 Å². The zero-order valence-corrected chi connectivity index (χ0v) is 6.61. The van der Waals surface area contributed by atoms with E-state index in [0.29, 0.717) is 13.0 Å². The molecule has 3 nitrogen and oxygen atoms in total. The van der Waals surface area contributed by atoms with Crippen LogP contribution < -0.4 is 5.32 Å². The van der Waals surface area contributed by atoms with E-state index in [0.717, 1.165) is 0 Å². The average Bonchev–Trinajstić information content (AvgIpc) is 2.02. The lowest BCUT2D eigenvalue weighted by Gasteiger charge is -2.17. The van der Waals surface area contributed by atoms with E-state index < -0.39 is 23.4 Å². The Bertz CT molecular complexity index is 257. The number of nitrogens with one attached hydrogen (secondary N) is 1. The molecule has 0 radical (unpaired) electrons. The fraction of sp³-hybridized carbons (Fsp3) is 0.571. The van der Waals surface area contributed by atoms with Gasteiger partial charge in [-0.05, 0) is 12.8 Å².